The highest BCUT2D eigenvalue weighted by Gasteiger charge is 2.54. The monoisotopic (exact) mass is 500 g/mol. The van der Waals surface area contributed by atoms with Crippen LogP contribution in [-0.4, -0.2) is 51.3 Å². The van der Waals surface area contributed by atoms with Gasteiger partial charge in [0.25, 0.3) is 0 Å². The number of hydrogen-bond acceptors (Lipinski definition) is 4. The molecule has 0 aromatic carbocycles. The summed E-state index contributed by atoms with van der Waals surface area (Å²) >= 11 is 2.11. The number of aliphatic hydroxyl groups excluding tert-OH is 1. The Morgan fingerprint density at radius 1 is 1.04 bits per heavy atom. The van der Waals surface area contributed by atoms with Crippen molar-refractivity contribution in [2.24, 2.45) is 0 Å². The molecular formula is C18H37IO4Si2. The minimum absolute atomic E-state index is 0.00193. The fraction of sp³-hybridized carbons (Fsp3) is 0.889. The third-order valence-electron chi connectivity index (χ3n) is 6.20. The average Bonchev–Trinajstić information content (AvgIpc) is 2.58. The van der Waals surface area contributed by atoms with Crippen molar-refractivity contribution in [1.29, 1.82) is 0 Å². The van der Waals surface area contributed by atoms with Gasteiger partial charge in [-0.1, -0.05) is 41.5 Å². The molecule has 0 fully saturated rings. The zero-order valence-corrected chi connectivity index (χ0v) is 21.7. The molecule has 3 atom stereocenters. The normalized spacial score (nSPS) is 29.1. The van der Waals surface area contributed by atoms with E-state index in [0.29, 0.717) is 3.58 Å². The molecule has 0 amide bonds. The first-order valence-corrected chi connectivity index (χ1v) is 15.8. The number of halogens is 1. The van der Waals surface area contributed by atoms with Crippen LogP contribution in [0.2, 0.25) is 36.3 Å². The summed E-state index contributed by atoms with van der Waals surface area (Å²) in [7, 11) is -4.15. The van der Waals surface area contributed by atoms with Gasteiger partial charge in [0.2, 0.25) is 0 Å². The molecule has 25 heavy (non-hydrogen) atoms. The first kappa shape index (κ1) is 23.8. The topological polar surface area (TPSA) is 58.9 Å². The Hall–Kier alpha value is 0.744. The van der Waals surface area contributed by atoms with Crippen LogP contribution < -0.4 is 0 Å². The molecule has 0 spiro atoms. The molecule has 148 valence electrons. The first-order valence-electron chi connectivity index (χ1n) is 8.95. The van der Waals surface area contributed by atoms with Crippen molar-refractivity contribution in [3.8, 4) is 0 Å². The Bertz CT molecular complexity index is 520. The molecule has 0 saturated carbocycles. The van der Waals surface area contributed by atoms with E-state index in [2.05, 4.69) is 90.3 Å². The van der Waals surface area contributed by atoms with E-state index in [9.17, 15) is 10.2 Å². The van der Waals surface area contributed by atoms with E-state index >= 15 is 0 Å². The summed E-state index contributed by atoms with van der Waals surface area (Å²) in [6.45, 7) is 21.8. The van der Waals surface area contributed by atoms with Crippen molar-refractivity contribution in [2.45, 2.75) is 95.6 Å². The molecule has 0 heterocycles. The van der Waals surface area contributed by atoms with Gasteiger partial charge < -0.3 is 19.1 Å². The lowest BCUT2D eigenvalue weighted by Gasteiger charge is -2.45. The van der Waals surface area contributed by atoms with E-state index in [1.54, 1.807) is 6.08 Å². The van der Waals surface area contributed by atoms with E-state index in [1.165, 1.54) is 0 Å². The fourth-order valence-electron chi connectivity index (χ4n) is 2.12. The van der Waals surface area contributed by atoms with Crippen LogP contribution in [0.15, 0.2) is 9.66 Å². The molecular weight excluding hydrogens is 463 g/mol. The second-order valence-corrected chi connectivity index (χ2v) is 21.0. The predicted molar refractivity (Wildman–Crippen MR) is 118 cm³/mol. The molecule has 4 nitrogen and oxygen atoms in total. The fourth-order valence-corrected chi connectivity index (χ4v) is 5.29. The average molecular weight is 501 g/mol. The predicted octanol–water partition coefficient (Wildman–Crippen LogP) is 4.82. The summed E-state index contributed by atoms with van der Waals surface area (Å²) in [5.41, 5.74) is -1.29. The van der Waals surface area contributed by atoms with Gasteiger partial charge in [-0.2, -0.15) is 0 Å². The summed E-state index contributed by atoms with van der Waals surface area (Å²) in [6, 6.07) is 0. The second kappa shape index (κ2) is 7.29. The van der Waals surface area contributed by atoms with Crippen molar-refractivity contribution in [1.82, 2.24) is 0 Å². The third kappa shape index (κ3) is 4.97. The highest BCUT2D eigenvalue weighted by Crippen LogP contribution is 2.45. The molecule has 0 aromatic rings. The van der Waals surface area contributed by atoms with Crippen molar-refractivity contribution in [3.63, 3.8) is 0 Å². The Labute approximate surface area is 169 Å². The number of aliphatic hydroxyl groups is 2. The lowest BCUT2D eigenvalue weighted by molar-refractivity contribution is -0.0860. The van der Waals surface area contributed by atoms with Gasteiger partial charge in [0.15, 0.2) is 16.6 Å². The van der Waals surface area contributed by atoms with Crippen molar-refractivity contribution in [2.75, 3.05) is 6.61 Å². The number of rotatable bonds is 5. The van der Waals surface area contributed by atoms with Crippen LogP contribution in [0.1, 0.15) is 41.5 Å². The molecule has 1 aliphatic rings. The quantitative estimate of drug-likeness (QED) is 0.420. The lowest BCUT2D eigenvalue weighted by Crippen LogP contribution is -2.57. The minimum Gasteiger partial charge on any atom is -0.413 e. The molecule has 2 N–H and O–H groups in total. The maximum Gasteiger partial charge on any atom is 0.192 e. The highest BCUT2D eigenvalue weighted by molar-refractivity contribution is 14.1. The van der Waals surface area contributed by atoms with Crippen molar-refractivity contribution < 1.29 is 19.1 Å². The van der Waals surface area contributed by atoms with Crippen LogP contribution in [0.4, 0.5) is 0 Å². The summed E-state index contributed by atoms with van der Waals surface area (Å²) in [4.78, 5) is 0. The second-order valence-electron chi connectivity index (χ2n) is 10.3. The van der Waals surface area contributed by atoms with Crippen LogP contribution in [-0.2, 0) is 8.85 Å². The standard InChI is InChI=1S/C18H37IO4Si2/c1-16(2,3)24(7,8)22-12-18(21)14(19)11-13(20)15(18)23-25(9,10)17(4,5)6/h11,13,15,20-21H,12H2,1-10H3/t13-,15+,18+/m1/s1. The Kier molecular flexibility index (Phi) is 6.94. The highest BCUT2D eigenvalue weighted by atomic mass is 127. The number of hydrogen-bond donors (Lipinski definition) is 2. The molecule has 1 rings (SSSR count). The van der Waals surface area contributed by atoms with E-state index in [-0.39, 0.29) is 16.7 Å². The van der Waals surface area contributed by atoms with Gasteiger partial charge in [0, 0.05) is 3.58 Å². The Morgan fingerprint density at radius 2 is 1.48 bits per heavy atom. The largest absolute Gasteiger partial charge is 0.413 e. The van der Waals surface area contributed by atoms with Crippen LogP contribution >= 0.6 is 22.6 Å². The van der Waals surface area contributed by atoms with Gasteiger partial charge in [-0.15, -0.1) is 0 Å². The van der Waals surface area contributed by atoms with Gasteiger partial charge >= 0.3 is 0 Å². The molecule has 7 heteroatoms. The summed E-state index contributed by atoms with van der Waals surface area (Å²) in [6.07, 6.45) is 0.215. The summed E-state index contributed by atoms with van der Waals surface area (Å²) < 4.78 is 13.4. The van der Waals surface area contributed by atoms with E-state index in [0.717, 1.165) is 0 Å². The Balaban J connectivity index is 3.06. The van der Waals surface area contributed by atoms with Gasteiger partial charge in [0.1, 0.15) is 17.8 Å². The van der Waals surface area contributed by atoms with Gasteiger partial charge in [-0.25, -0.2) is 0 Å². The first-order chi connectivity index (χ1) is 10.9. The van der Waals surface area contributed by atoms with E-state index in [1.807, 2.05) is 0 Å². The maximum absolute atomic E-state index is 11.4. The van der Waals surface area contributed by atoms with Crippen molar-refractivity contribution >= 4 is 39.2 Å². The molecule has 0 aromatic heterocycles. The summed E-state index contributed by atoms with van der Waals surface area (Å²) in [5, 5.41) is 22.0. The van der Waals surface area contributed by atoms with Crippen LogP contribution in [0.25, 0.3) is 0 Å². The van der Waals surface area contributed by atoms with E-state index in [4.69, 9.17) is 8.85 Å². The van der Waals surface area contributed by atoms with Crippen molar-refractivity contribution in [3.05, 3.63) is 9.66 Å². The zero-order chi connectivity index (χ0) is 20.1. The van der Waals surface area contributed by atoms with Crippen LogP contribution in [0.5, 0.6) is 0 Å². The zero-order valence-electron chi connectivity index (χ0n) is 17.5. The van der Waals surface area contributed by atoms with Gasteiger partial charge in [-0.05, 0) is 64.9 Å². The van der Waals surface area contributed by atoms with Crippen LogP contribution in [0.3, 0.4) is 0 Å². The minimum atomic E-state index is -2.14. The third-order valence-corrected chi connectivity index (χ3v) is 16.4. The smallest absolute Gasteiger partial charge is 0.192 e. The molecule has 0 aliphatic heterocycles. The SMILES string of the molecule is CC(C)(C)[Si](C)(C)OC[C@]1(O)C(I)=C[C@@H](O)[C@@H]1O[Si](C)(C)C(C)(C)C. The lowest BCUT2D eigenvalue weighted by atomic mass is 10.0. The van der Waals surface area contributed by atoms with E-state index < -0.39 is 34.4 Å². The molecule has 0 radical (unpaired) electrons. The Morgan fingerprint density at radius 3 is 1.88 bits per heavy atom. The molecule has 0 unspecified atom stereocenters. The van der Waals surface area contributed by atoms with Gasteiger partial charge in [-0.3, -0.25) is 0 Å². The van der Waals surface area contributed by atoms with Crippen LogP contribution in [0, 0.1) is 0 Å². The molecule has 0 bridgehead atoms. The summed E-state index contributed by atoms with van der Waals surface area (Å²) in [5.74, 6) is 0. The maximum atomic E-state index is 11.4. The molecule has 1 aliphatic carbocycles. The molecule has 0 saturated heterocycles. The van der Waals surface area contributed by atoms with Gasteiger partial charge in [0.05, 0.1) is 6.61 Å².